The van der Waals surface area contributed by atoms with Gasteiger partial charge in [0.15, 0.2) is 0 Å². The van der Waals surface area contributed by atoms with Gasteiger partial charge in [-0.1, -0.05) is 23.7 Å². The van der Waals surface area contributed by atoms with Gasteiger partial charge in [-0.15, -0.1) is 11.3 Å². The highest BCUT2D eigenvalue weighted by molar-refractivity contribution is 9.13. The second kappa shape index (κ2) is 6.68. The average Bonchev–Trinajstić information content (AvgIpc) is 2.71. The number of halogens is 4. The monoisotopic (exact) mass is 425 g/mol. The minimum atomic E-state index is -0.373. The van der Waals surface area contributed by atoms with Crippen molar-refractivity contribution >= 4 is 54.8 Å². The lowest BCUT2D eigenvalue weighted by Crippen LogP contribution is -2.18. The Morgan fingerprint density at radius 2 is 2.16 bits per heavy atom. The van der Waals surface area contributed by atoms with Crippen molar-refractivity contribution < 1.29 is 4.39 Å². The number of thiophene rings is 1. The molecule has 0 spiro atoms. The molecule has 0 radical (unpaired) electrons. The van der Waals surface area contributed by atoms with E-state index in [0.717, 1.165) is 13.8 Å². The molecule has 1 N–H and O–H groups in total. The minimum absolute atomic E-state index is 0.104. The van der Waals surface area contributed by atoms with Crippen LogP contribution in [0.1, 0.15) is 16.5 Å². The Morgan fingerprint density at radius 3 is 2.74 bits per heavy atom. The van der Waals surface area contributed by atoms with Crippen molar-refractivity contribution in [2.24, 2.45) is 0 Å². The highest BCUT2D eigenvalue weighted by Crippen LogP contribution is 2.37. The van der Waals surface area contributed by atoms with Crippen LogP contribution in [-0.4, -0.2) is 7.05 Å². The second-order valence-electron chi connectivity index (χ2n) is 4.03. The summed E-state index contributed by atoms with van der Waals surface area (Å²) in [6.07, 6.45) is 0.645. The summed E-state index contributed by atoms with van der Waals surface area (Å²) >= 11 is 14.6. The number of likely N-dealkylation sites (N-methyl/N-ethyl adjacent to an activating group) is 1. The fourth-order valence-corrected chi connectivity index (χ4v) is 4.21. The van der Waals surface area contributed by atoms with Crippen molar-refractivity contribution in [3.8, 4) is 0 Å². The maximum absolute atomic E-state index is 13.4. The summed E-state index contributed by atoms with van der Waals surface area (Å²) in [5, 5.41) is 3.45. The lowest BCUT2D eigenvalue weighted by Gasteiger charge is -2.15. The fraction of sp³-hybridized carbons (Fsp3) is 0.231. The third-order valence-electron chi connectivity index (χ3n) is 2.81. The Balaban J connectivity index is 2.26. The van der Waals surface area contributed by atoms with E-state index in [1.165, 1.54) is 10.9 Å². The Morgan fingerprint density at radius 1 is 1.42 bits per heavy atom. The summed E-state index contributed by atoms with van der Waals surface area (Å²) in [5.74, 6) is -0.373. The summed E-state index contributed by atoms with van der Waals surface area (Å²) in [7, 11) is 1.89. The van der Waals surface area contributed by atoms with Gasteiger partial charge in [0.2, 0.25) is 0 Å². The highest BCUT2D eigenvalue weighted by Gasteiger charge is 2.17. The Labute approximate surface area is 137 Å². The lowest BCUT2D eigenvalue weighted by molar-refractivity contribution is 0.592. The average molecular weight is 428 g/mol. The lowest BCUT2D eigenvalue weighted by atomic mass is 10.0. The van der Waals surface area contributed by atoms with Crippen LogP contribution in [0.3, 0.4) is 0 Å². The molecule has 0 saturated carbocycles. The zero-order valence-corrected chi connectivity index (χ0v) is 14.8. The van der Waals surface area contributed by atoms with Gasteiger partial charge in [-0.25, -0.2) is 4.39 Å². The normalized spacial score (nSPS) is 12.7. The minimum Gasteiger partial charge on any atom is -0.312 e. The first-order chi connectivity index (χ1) is 9.02. The van der Waals surface area contributed by atoms with E-state index < -0.39 is 0 Å². The van der Waals surface area contributed by atoms with Gasteiger partial charge in [-0.2, -0.15) is 0 Å². The van der Waals surface area contributed by atoms with E-state index in [9.17, 15) is 4.39 Å². The molecule has 1 atom stereocenters. The van der Waals surface area contributed by atoms with Gasteiger partial charge in [0.25, 0.3) is 0 Å². The molecule has 0 saturated heterocycles. The molecule has 0 aliphatic carbocycles. The molecule has 6 heteroatoms. The first kappa shape index (κ1) is 15.4. The Kier molecular flexibility index (Phi) is 5.43. The standard InChI is InChI=1S/C13H11Br2ClFNS/c1-18-10(11-6-8(14)13(15)19-11)5-7-3-2-4-9(17)12(7)16/h2-4,6,10,18H,5H2,1H3. The zero-order chi connectivity index (χ0) is 14.0. The van der Waals surface area contributed by atoms with Crippen molar-refractivity contribution in [3.63, 3.8) is 0 Å². The van der Waals surface area contributed by atoms with E-state index in [4.69, 9.17) is 11.6 Å². The third kappa shape index (κ3) is 3.58. The van der Waals surface area contributed by atoms with E-state index in [1.54, 1.807) is 17.4 Å². The van der Waals surface area contributed by atoms with Crippen LogP contribution >= 0.6 is 54.8 Å². The maximum atomic E-state index is 13.4. The van der Waals surface area contributed by atoms with Gasteiger partial charge in [-0.3, -0.25) is 0 Å². The van der Waals surface area contributed by atoms with Crippen LogP contribution in [0.4, 0.5) is 4.39 Å². The Hall–Kier alpha value is 0.0600. The second-order valence-corrected chi connectivity index (χ2v) is 7.66. The van der Waals surface area contributed by atoms with E-state index in [0.29, 0.717) is 6.42 Å². The first-order valence-electron chi connectivity index (χ1n) is 5.57. The molecule has 0 aliphatic rings. The van der Waals surface area contributed by atoms with E-state index >= 15 is 0 Å². The molecule has 1 aromatic heterocycles. The number of hydrogen-bond donors (Lipinski definition) is 1. The van der Waals surface area contributed by atoms with Gasteiger partial charge in [0, 0.05) is 15.4 Å². The fourth-order valence-electron chi connectivity index (χ4n) is 1.81. The van der Waals surface area contributed by atoms with Crippen molar-refractivity contribution in [2.45, 2.75) is 12.5 Å². The zero-order valence-electron chi connectivity index (χ0n) is 10.0. The molecule has 2 rings (SSSR count). The topological polar surface area (TPSA) is 12.0 Å². The molecule has 1 aromatic carbocycles. The van der Waals surface area contributed by atoms with Gasteiger partial charge in [0.05, 0.1) is 8.81 Å². The van der Waals surface area contributed by atoms with Crippen LogP contribution in [0.15, 0.2) is 32.5 Å². The van der Waals surface area contributed by atoms with Crippen molar-refractivity contribution in [1.82, 2.24) is 5.32 Å². The number of rotatable bonds is 4. The van der Waals surface area contributed by atoms with Crippen molar-refractivity contribution in [3.05, 3.63) is 53.8 Å². The molecule has 102 valence electrons. The van der Waals surface area contributed by atoms with E-state index in [1.807, 2.05) is 13.1 Å². The SMILES string of the molecule is CNC(Cc1cccc(F)c1Cl)c1cc(Br)c(Br)s1. The van der Waals surface area contributed by atoms with Crippen LogP contribution < -0.4 is 5.32 Å². The van der Waals surface area contributed by atoms with Gasteiger partial charge >= 0.3 is 0 Å². The quantitative estimate of drug-likeness (QED) is 0.673. The predicted octanol–water partition coefficient (Wildman–Crippen LogP) is 5.57. The molecule has 19 heavy (non-hydrogen) atoms. The number of benzene rings is 1. The number of hydrogen-bond acceptors (Lipinski definition) is 2. The molecule has 1 nitrogen and oxygen atoms in total. The van der Waals surface area contributed by atoms with Gasteiger partial charge in [-0.05, 0) is 63.0 Å². The van der Waals surface area contributed by atoms with Crippen LogP contribution in [0, 0.1) is 5.82 Å². The van der Waals surface area contributed by atoms with Crippen LogP contribution in [0.5, 0.6) is 0 Å². The highest BCUT2D eigenvalue weighted by atomic mass is 79.9. The summed E-state index contributed by atoms with van der Waals surface area (Å²) in [6.45, 7) is 0. The molecule has 0 fully saturated rings. The summed E-state index contributed by atoms with van der Waals surface area (Å²) in [6, 6.07) is 7.07. The summed E-state index contributed by atoms with van der Waals surface area (Å²) < 4.78 is 15.5. The first-order valence-corrected chi connectivity index (χ1v) is 8.36. The molecule has 0 aliphatic heterocycles. The summed E-state index contributed by atoms with van der Waals surface area (Å²) in [5.41, 5.74) is 0.807. The molecule has 0 amide bonds. The predicted molar refractivity (Wildman–Crippen MR) is 86.6 cm³/mol. The molecule has 1 heterocycles. The van der Waals surface area contributed by atoms with Crippen molar-refractivity contribution in [1.29, 1.82) is 0 Å². The molecular formula is C13H11Br2ClFNS. The third-order valence-corrected chi connectivity index (χ3v) is 6.60. The molecule has 2 aromatic rings. The van der Waals surface area contributed by atoms with Crippen LogP contribution in [0.25, 0.3) is 0 Å². The van der Waals surface area contributed by atoms with E-state index in [-0.39, 0.29) is 16.9 Å². The maximum Gasteiger partial charge on any atom is 0.142 e. The van der Waals surface area contributed by atoms with Crippen LogP contribution in [0.2, 0.25) is 5.02 Å². The smallest absolute Gasteiger partial charge is 0.142 e. The largest absolute Gasteiger partial charge is 0.312 e. The van der Waals surface area contributed by atoms with Gasteiger partial charge in [0.1, 0.15) is 5.82 Å². The molecule has 0 bridgehead atoms. The Bertz CT molecular complexity index is 569. The van der Waals surface area contributed by atoms with Gasteiger partial charge < -0.3 is 5.32 Å². The van der Waals surface area contributed by atoms with Crippen LogP contribution in [-0.2, 0) is 6.42 Å². The molecule has 1 unspecified atom stereocenters. The molecular weight excluding hydrogens is 416 g/mol. The number of nitrogens with one attached hydrogen (secondary N) is 1. The van der Waals surface area contributed by atoms with Crippen molar-refractivity contribution in [2.75, 3.05) is 7.05 Å². The summed E-state index contributed by atoms with van der Waals surface area (Å²) in [4.78, 5) is 1.17. The van der Waals surface area contributed by atoms with E-state index in [2.05, 4.69) is 43.2 Å².